The molecule has 4 heteroatoms. The number of thioether (sulfide) groups is 1. The van der Waals surface area contributed by atoms with E-state index in [1.165, 1.54) is 35.4 Å². The van der Waals surface area contributed by atoms with Crippen LogP contribution in [0.1, 0.15) is 24.4 Å². The van der Waals surface area contributed by atoms with Gasteiger partial charge in [-0.2, -0.15) is 11.8 Å². The van der Waals surface area contributed by atoms with Crippen LogP contribution in [0, 0.1) is 6.92 Å². The van der Waals surface area contributed by atoms with Gasteiger partial charge in [-0.3, -0.25) is 0 Å². The van der Waals surface area contributed by atoms with Gasteiger partial charge in [0.2, 0.25) is 5.95 Å². The SMILES string of the molecule is Cc1ccc2nc(N)n(C3CCSCC3)c2c1. The van der Waals surface area contributed by atoms with Crippen molar-refractivity contribution in [1.82, 2.24) is 9.55 Å². The molecule has 0 atom stereocenters. The van der Waals surface area contributed by atoms with Crippen LogP contribution < -0.4 is 5.73 Å². The lowest BCUT2D eigenvalue weighted by Crippen LogP contribution is -2.17. The minimum absolute atomic E-state index is 0.531. The van der Waals surface area contributed by atoms with Gasteiger partial charge >= 0.3 is 0 Å². The molecule has 17 heavy (non-hydrogen) atoms. The highest BCUT2D eigenvalue weighted by Crippen LogP contribution is 2.32. The van der Waals surface area contributed by atoms with Gasteiger partial charge in [-0.1, -0.05) is 6.07 Å². The van der Waals surface area contributed by atoms with Crippen molar-refractivity contribution in [2.75, 3.05) is 17.2 Å². The lowest BCUT2D eigenvalue weighted by molar-refractivity contribution is 0.486. The Morgan fingerprint density at radius 1 is 1.35 bits per heavy atom. The molecule has 1 fully saturated rings. The number of nitrogens with zero attached hydrogens (tertiary/aromatic N) is 2. The largest absolute Gasteiger partial charge is 0.369 e. The van der Waals surface area contributed by atoms with Crippen LogP contribution in [0.4, 0.5) is 5.95 Å². The third kappa shape index (κ3) is 1.90. The number of anilines is 1. The van der Waals surface area contributed by atoms with Crippen LogP contribution >= 0.6 is 11.8 Å². The number of hydrogen-bond donors (Lipinski definition) is 1. The zero-order valence-corrected chi connectivity index (χ0v) is 10.8. The van der Waals surface area contributed by atoms with Gasteiger partial charge in [0.1, 0.15) is 0 Å². The predicted molar refractivity (Wildman–Crippen MR) is 74.5 cm³/mol. The molecule has 3 rings (SSSR count). The summed E-state index contributed by atoms with van der Waals surface area (Å²) in [6.07, 6.45) is 2.41. The Balaban J connectivity index is 2.13. The Morgan fingerprint density at radius 3 is 2.88 bits per heavy atom. The molecule has 0 spiro atoms. The number of benzene rings is 1. The summed E-state index contributed by atoms with van der Waals surface area (Å²) >= 11 is 2.04. The van der Waals surface area contributed by atoms with Crippen molar-refractivity contribution in [1.29, 1.82) is 0 Å². The summed E-state index contributed by atoms with van der Waals surface area (Å²) in [5.41, 5.74) is 9.56. The van der Waals surface area contributed by atoms with Crippen molar-refractivity contribution in [3.63, 3.8) is 0 Å². The molecule has 1 aromatic heterocycles. The second-order valence-corrected chi connectivity index (χ2v) is 5.90. The average Bonchev–Trinajstić information content (AvgIpc) is 2.65. The summed E-state index contributed by atoms with van der Waals surface area (Å²) in [5, 5.41) is 0. The number of imidazole rings is 1. The molecular formula is C13H17N3S. The van der Waals surface area contributed by atoms with Crippen LogP contribution in [0.25, 0.3) is 11.0 Å². The van der Waals surface area contributed by atoms with E-state index in [0.29, 0.717) is 12.0 Å². The van der Waals surface area contributed by atoms with E-state index in [-0.39, 0.29) is 0 Å². The Labute approximate surface area is 105 Å². The first kappa shape index (κ1) is 11.0. The summed E-state index contributed by atoms with van der Waals surface area (Å²) in [7, 11) is 0. The molecule has 0 aliphatic carbocycles. The fourth-order valence-corrected chi connectivity index (χ4v) is 3.63. The zero-order valence-electron chi connectivity index (χ0n) is 10.0. The van der Waals surface area contributed by atoms with Crippen molar-refractivity contribution in [3.8, 4) is 0 Å². The number of hydrogen-bond acceptors (Lipinski definition) is 3. The molecule has 1 saturated heterocycles. The Morgan fingerprint density at radius 2 is 2.12 bits per heavy atom. The normalized spacial score (nSPS) is 17.7. The highest BCUT2D eigenvalue weighted by atomic mass is 32.2. The Hall–Kier alpha value is -1.16. The van der Waals surface area contributed by atoms with Crippen LogP contribution in [0.2, 0.25) is 0 Å². The van der Waals surface area contributed by atoms with E-state index < -0.39 is 0 Å². The minimum Gasteiger partial charge on any atom is -0.369 e. The highest BCUT2D eigenvalue weighted by Gasteiger charge is 2.20. The predicted octanol–water partition coefficient (Wildman–Crippen LogP) is 3.00. The van der Waals surface area contributed by atoms with Crippen LogP contribution in [0.3, 0.4) is 0 Å². The maximum atomic E-state index is 6.08. The van der Waals surface area contributed by atoms with Crippen molar-refractivity contribution in [2.45, 2.75) is 25.8 Å². The van der Waals surface area contributed by atoms with Crippen molar-refractivity contribution in [3.05, 3.63) is 23.8 Å². The van der Waals surface area contributed by atoms with Crippen LogP contribution in [-0.4, -0.2) is 21.1 Å². The molecule has 0 bridgehead atoms. The fourth-order valence-electron chi connectivity index (χ4n) is 2.55. The lowest BCUT2D eigenvalue weighted by atomic mass is 10.1. The summed E-state index contributed by atoms with van der Waals surface area (Å²) in [5.74, 6) is 3.13. The standard InChI is InChI=1S/C13H17N3S/c1-9-2-3-11-12(8-9)16(13(14)15-11)10-4-6-17-7-5-10/h2-3,8,10H,4-7H2,1H3,(H2,14,15). The summed E-state index contributed by atoms with van der Waals surface area (Å²) < 4.78 is 2.24. The topological polar surface area (TPSA) is 43.8 Å². The van der Waals surface area contributed by atoms with E-state index in [2.05, 4.69) is 34.7 Å². The maximum absolute atomic E-state index is 6.08. The molecule has 2 N–H and O–H groups in total. The van der Waals surface area contributed by atoms with Gasteiger partial charge in [0, 0.05) is 6.04 Å². The molecule has 1 aliphatic rings. The van der Waals surface area contributed by atoms with Gasteiger partial charge in [-0.25, -0.2) is 4.98 Å². The van der Waals surface area contributed by atoms with E-state index in [0.717, 1.165) is 5.52 Å². The van der Waals surface area contributed by atoms with Crippen LogP contribution in [-0.2, 0) is 0 Å². The van der Waals surface area contributed by atoms with Gasteiger partial charge in [-0.05, 0) is 49.0 Å². The number of nitrogens with two attached hydrogens (primary N) is 1. The summed E-state index contributed by atoms with van der Waals surface area (Å²) in [6.45, 7) is 2.11. The monoisotopic (exact) mass is 247 g/mol. The molecule has 0 unspecified atom stereocenters. The van der Waals surface area contributed by atoms with Gasteiger partial charge in [0.15, 0.2) is 0 Å². The first-order valence-corrected chi connectivity index (χ1v) is 7.23. The molecule has 0 amide bonds. The van der Waals surface area contributed by atoms with Crippen LogP contribution in [0.5, 0.6) is 0 Å². The highest BCUT2D eigenvalue weighted by molar-refractivity contribution is 7.99. The molecule has 0 radical (unpaired) electrons. The molecule has 1 aliphatic heterocycles. The van der Waals surface area contributed by atoms with E-state index in [4.69, 9.17) is 5.73 Å². The number of nitrogen functional groups attached to an aromatic ring is 1. The Bertz CT molecular complexity index is 541. The average molecular weight is 247 g/mol. The molecule has 90 valence electrons. The van der Waals surface area contributed by atoms with Crippen LogP contribution in [0.15, 0.2) is 18.2 Å². The Kier molecular flexibility index (Phi) is 2.74. The number of aromatic nitrogens is 2. The van der Waals surface area contributed by atoms with E-state index in [1.54, 1.807) is 0 Å². The number of aryl methyl sites for hydroxylation is 1. The molecule has 2 heterocycles. The first-order chi connectivity index (χ1) is 8.25. The van der Waals surface area contributed by atoms with E-state index >= 15 is 0 Å². The first-order valence-electron chi connectivity index (χ1n) is 6.07. The summed E-state index contributed by atoms with van der Waals surface area (Å²) in [6, 6.07) is 6.88. The third-order valence-corrected chi connectivity index (χ3v) is 4.48. The van der Waals surface area contributed by atoms with Gasteiger partial charge in [0.05, 0.1) is 11.0 Å². The molecular weight excluding hydrogens is 230 g/mol. The quantitative estimate of drug-likeness (QED) is 0.842. The van der Waals surface area contributed by atoms with Gasteiger partial charge in [0.25, 0.3) is 0 Å². The smallest absolute Gasteiger partial charge is 0.201 e. The van der Waals surface area contributed by atoms with E-state index in [1.807, 2.05) is 11.8 Å². The van der Waals surface area contributed by atoms with Crippen molar-refractivity contribution >= 4 is 28.7 Å². The third-order valence-electron chi connectivity index (χ3n) is 3.43. The lowest BCUT2D eigenvalue weighted by Gasteiger charge is -2.24. The number of fused-ring (bicyclic) bond motifs is 1. The fraction of sp³-hybridized carbons (Fsp3) is 0.462. The molecule has 1 aromatic carbocycles. The second kappa shape index (κ2) is 4.26. The zero-order chi connectivity index (χ0) is 11.8. The van der Waals surface area contributed by atoms with E-state index in [9.17, 15) is 0 Å². The second-order valence-electron chi connectivity index (χ2n) is 4.68. The molecule has 3 nitrogen and oxygen atoms in total. The van der Waals surface area contributed by atoms with Gasteiger partial charge in [-0.15, -0.1) is 0 Å². The maximum Gasteiger partial charge on any atom is 0.201 e. The van der Waals surface area contributed by atoms with Crippen molar-refractivity contribution < 1.29 is 0 Å². The van der Waals surface area contributed by atoms with Crippen molar-refractivity contribution in [2.24, 2.45) is 0 Å². The molecule has 0 saturated carbocycles. The van der Waals surface area contributed by atoms with Gasteiger partial charge < -0.3 is 10.3 Å². The summed E-state index contributed by atoms with van der Waals surface area (Å²) in [4.78, 5) is 4.46. The minimum atomic E-state index is 0.531. The molecule has 2 aromatic rings. The number of rotatable bonds is 1.